The fraction of sp³-hybridized carbons (Fsp3) is 0.458. The standard InChI is InChI=1S/C24H28ClN5O/c25-20-11-5-4-10-19(20)21-15-22-23(26-12-14-30(22)28-21)29-13-6-7-17(16-29)24(31)27-18-8-2-1-3-9-18/h4-5,10-12,14-15,17-18H,1-3,6-9,13,16H2,(H,27,31)/t17-/m0/s1. The summed E-state index contributed by atoms with van der Waals surface area (Å²) in [6, 6.07) is 10.1. The van der Waals surface area contributed by atoms with Gasteiger partial charge in [-0.05, 0) is 37.8 Å². The van der Waals surface area contributed by atoms with E-state index in [0.717, 1.165) is 54.8 Å². The van der Waals surface area contributed by atoms with E-state index in [1.165, 1.54) is 19.3 Å². The number of anilines is 1. The number of hydrogen-bond acceptors (Lipinski definition) is 4. The maximum Gasteiger partial charge on any atom is 0.225 e. The molecule has 1 saturated carbocycles. The second kappa shape index (κ2) is 8.87. The van der Waals surface area contributed by atoms with Crippen LogP contribution in [0.3, 0.4) is 0 Å². The van der Waals surface area contributed by atoms with Gasteiger partial charge in [0.15, 0.2) is 5.82 Å². The van der Waals surface area contributed by atoms with Gasteiger partial charge in [-0.25, -0.2) is 9.50 Å². The van der Waals surface area contributed by atoms with Gasteiger partial charge in [-0.3, -0.25) is 4.79 Å². The van der Waals surface area contributed by atoms with E-state index >= 15 is 0 Å². The Balaban J connectivity index is 1.37. The van der Waals surface area contributed by atoms with E-state index in [1.807, 2.05) is 41.0 Å². The third-order valence-electron chi connectivity index (χ3n) is 6.56. The highest BCUT2D eigenvalue weighted by atomic mass is 35.5. The van der Waals surface area contributed by atoms with E-state index in [1.54, 1.807) is 6.20 Å². The zero-order chi connectivity index (χ0) is 21.2. The second-order valence-electron chi connectivity index (χ2n) is 8.72. The fourth-order valence-electron chi connectivity index (χ4n) is 4.90. The van der Waals surface area contributed by atoms with E-state index in [-0.39, 0.29) is 11.8 Å². The van der Waals surface area contributed by atoms with Gasteiger partial charge in [0, 0.05) is 37.1 Å². The lowest BCUT2D eigenvalue weighted by molar-refractivity contribution is -0.126. The summed E-state index contributed by atoms with van der Waals surface area (Å²) < 4.78 is 1.85. The van der Waals surface area contributed by atoms with Crippen LogP contribution < -0.4 is 10.2 Å². The Kier molecular flexibility index (Phi) is 5.81. The Labute approximate surface area is 187 Å². The average Bonchev–Trinajstić information content (AvgIpc) is 3.24. The largest absolute Gasteiger partial charge is 0.354 e. The smallest absolute Gasteiger partial charge is 0.225 e. The summed E-state index contributed by atoms with van der Waals surface area (Å²) in [4.78, 5) is 19.9. The summed E-state index contributed by atoms with van der Waals surface area (Å²) in [5.41, 5.74) is 2.66. The van der Waals surface area contributed by atoms with E-state index in [0.29, 0.717) is 17.6 Å². The number of carbonyl (C=O) groups excluding carboxylic acids is 1. The molecule has 1 amide bonds. The van der Waals surface area contributed by atoms with Crippen LogP contribution in [-0.4, -0.2) is 39.6 Å². The van der Waals surface area contributed by atoms with Gasteiger partial charge in [0.1, 0.15) is 5.52 Å². The Morgan fingerprint density at radius 2 is 1.94 bits per heavy atom. The van der Waals surface area contributed by atoms with Crippen molar-refractivity contribution in [2.75, 3.05) is 18.0 Å². The molecular weight excluding hydrogens is 410 g/mol. The molecule has 0 bridgehead atoms. The zero-order valence-corrected chi connectivity index (χ0v) is 18.4. The molecular formula is C24H28ClN5O. The Hall–Kier alpha value is -2.60. The summed E-state index contributed by atoms with van der Waals surface area (Å²) >= 11 is 6.39. The molecule has 0 unspecified atom stereocenters. The number of halogens is 1. The number of nitrogens with zero attached hydrogens (tertiary/aromatic N) is 4. The summed E-state index contributed by atoms with van der Waals surface area (Å²) in [7, 11) is 0. The predicted molar refractivity (Wildman–Crippen MR) is 123 cm³/mol. The zero-order valence-electron chi connectivity index (χ0n) is 17.6. The number of piperidine rings is 1. The first kappa shape index (κ1) is 20.3. The minimum Gasteiger partial charge on any atom is -0.354 e. The van der Waals surface area contributed by atoms with Crippen molar-refractivity contribution < 1.29 is 4.79 Å². The molecule has 7 heteroatoms. The number of carbonyl (C=O) groups is 1. The molecule has 6 nitrogen and oxygen atoms in total. The Bertz CT molecular complexity index is 1070. The first-order valence-electron chi connectivity index (χ1n) is 11.3. The minimum absolute atomic E-state index is 0.00342. The van der Waals surface area contributed by atoms with Crippen molar-refractivity contribution in [1.29, 1.82) is 0 Å². The van der Waals surface area contributed by atoms with Crippen molar-refractivity contribution in [1.82, 2.24) is 19.9 Å². The van der Waals surface area contributed by atoms with Gasteiger partial charge < -0.3 is 10.2 Å². The summed E-state index contributed by atoms with van der Waals surface area (Å²) in [5.74, 6) is 1.08. The number of rotatable bonds is 4. The third-order valence-corrected chi connectivity index (χ3v) is 6.89. The Morgan fingerprint density at radius 3 is 2.77 bits per heavy atom. The SMILES string of the molecule is O=C(NC1CCCCC1)[C@H]1CCCN(c2nccn3nc(-c4ccccc4Cl)cc23)C1. The molecule has 1 saturated heterocycles. The van der Waals surface area contributed by atoms with Crippen LogP contribution in [0.15, 0.2) is 42.7 Å². The molecule has 3 aromatic rings. The quantitative estimate of drug-likeness (QED) is 0.641. The highest BCUT2D eigenvalue weighted by Gasteiger charge is 2.29. The molecule has 1 N–H and O–H groups in total. The second-order valence-corrected chi connectivity index (χ2v) is 9.13. The van der Waals surface area contributed by atoms with Crippen LogP contribution in [0, 0.1) is 5.92 Å². The minimum atomic E-state index is 0.00342. The first-order chi connectivity index (χ1) is 15.2. The van der Waals surface area contributed by atoms with Crippen LogP contribution in [0.1, 0.15) is 44.9 Å². The molecule has 2 aromatic heterocycles. The molecule has 3 heterocycles. The van der Waals surface area contributed by atoms with Crippen molar-refractivity contribution in [2.24, 2.45) is 5.92 Å². The molecule has 2 aliphatic rings. The number of aromatic nitrogens is 3. The van der Waals surface area contributed by atoms with Crippen molar-refractivity contribution in [3.63, 3.8) is 0 Å². The topological polar surface area (TPSA) is 62.5 Å². The maximum absolute atomic E-state index is 12.9. The van der Waals surface area contributed by atoms with Crippen molar-refractivity contribution in [3.05, 3.63) is 47.7 Å². The normalized spacial score (nSPS) is 20.2. The number of amides is 1. The van der Waals surface area contributed by atoms with E-state index in [9.17, 15) is 4.79 Å². The van der Waals surface area contributed by atoms with Gasteiger partial charge in [0.25, 0.3) is 0 Å². The number of hydrogen-bond donors (Lipinski definition) is 1. The van der Waals surface area contributed by atoms with E-state index in [2.05, 4.69) is 15.2 Å². The van der Waals surface area contributed by atoms with E-state index in [4.69, 9.17) is 16.7 Å². The van der Waals surface area contributed by atoms with E-state index < -0.39 is 0 Å². The maximum atomic E-state index is 12.9. The molecule has 1 atom stereocenters. The average molecular weight is 438 g/mol. The van der Waals surface area contributed by atoms with Crippen molar-refractivity contribution >= 4 is 28.8 Å². The summed E-state index contributed by atoms with van der Waals surface area (Å²) in [5, 5.41) is 8.71. The van der Waals surface area contributed by atoms with Crippen LogP contribution >= 0.6 is 11.6 Å². The molecule has 1 aliphatic carbocycles. The van der Waals surface area contributed by atoms with Crippen LogP contribution in [0.4, 0.5) is 5.82 Å². The van der Waals surface area contributed by atoms with Crippen LogP contribution in [0.2, 0.25) is 5.02 Å². The van der Waals surface area contributed by atoms with Crippen LogP contribution in [0.5, 0.6) is 0 Å². The predicted octanol–water partition coefficient (Wildman–Crippen LogP) is 4.72. The van der Waals surface area contributed by atoms with Gasteiger partial charge in [-0.15, -0.1) is 0 Å². The number of benzene rings is 1. The van der Waals surface area contributed by atoms with Gasteiger partial charge in [-0.2, -0.15) is 5.10 Å². The summed E-state index contributed by atoms with van der Waals surface area (Å²) in [6.45, 7) is 1.59. The molecule has 0 spiro atoms. The van der Waals surface area contributed by atoms with Gasteiger partial charge in [0.2, 0.25) is 5.91 Å². The van der Waals surface area contributed by atoms with Crippen molar-refractivity contribution in [2.45, 2.75) is 51.0 Å². The van der Waals surface area contributed by atoms with Crippen molar-refractivity contribution in [3.8, 4) is 11.3 Å². The lowest BCUT2D eigenvalue weighted by Crippen LogP contribution is -2.46. The first-order valence-corrected chi connectivity index (χ1v) is 11.7. The monoisotopic (exact) mass is 437 g/mol. The molecule has 31 heavy (non-hydrogen) atoms. The lowest BCUT2D eigenvalue weighted by atomic mass is 9.93. The van der Waals surface area contributed by atoms with Crippen LogP contribution in [-0.2, 0) is 4.79 Å². The lowest BCUT2D eigenvalue weighted by Gasteiger charge is -2.34. The van der Waals surface area contributed by atoms with Crippen LogP contribution in [0.25, 0.3) is 16.8 Å². The molecule has 0 radical (unpaired) electrons. The Morgan fingerprint density at radius 1 is 1.10 bits per heavy atom. The number of nitrogens with one attached hydrogen (secondary N) is 1. The molecule has 162 valence electrons. The third kappa shape index (κ3) is 4.26. The highest BCUT2D eigenvalue weighted by molar-refractivity contribution is 6.33. The van der Waals surface area contributed by atoms with Gasteiger partial charge in [0.05, 0.1) is 16.6 Å². The van der Waals surface area contributed by atoms with Gasteiger partial charge in [-0.1, -0.05) is 49.1 Å². The molecule has 1 aliphatic heterocycles. The molecule has 2 fully saturated rings. The fourth-order valence-corrected chi connectivity index (χ4v) is 5.13. The number of fused-ring (bicyclic) bond motifs is 1. The molecule has 1 aromatic carbocycles. The molecule has 5 rings (SSSR count). The highest BCUT2D eigenvalue weighted by Crippen LogP contribution is 2.31. The summed E-state index contributed by atoms with van der Waals surface area (Å²) in [6.07, 6.45) is 11.5. The van der Waals surface area contributed by atoms with Gasteiger partial charge >= 0.3 is 0 Å².